The van der Waals surface area contributed by atoms with Crippen LogP contribution in [0.15, 0.2) is 60.8 Å². The van der Waals surface area contributed by atoms with Crippen LogP contribution in [0.25, 0.3) is 0 Å². The number of esters is 3. The van der Waals surface area contributed by atoms with Gasteiger partial charge in [-0.05, 0) is 109 Å². The largest absolute Gasteiger partial charge is 0.462 e. The van der Waals surface area contributed by atoms with Crippen molar-refractivity contribution in [3.63, 3.8) is 0 Å². The molecule has 1 atom stereocenters. The molecule has 0 aliphatic carbocycles. The molecular formula is C63H112O6. The number of carbonyl (C=O) groups is 3. The standard InChI is InChI=1S/C63H112O6/c1-4-7-10-13-16-19-22-25-26-27-28-29-30-31-32-33-34-35-36-39-41-44-47-50-53-56-62(65)68-59-60(69-63(66)57-54-51-48-45-42-38-24-21-18-15-12-9-6-3)58-67-61(64)55-52-49-46-43-40-37-23-20-17-14-11-8-5-2/h20-25,27-28,30-31,60H,4-19,26,29,32-59H2,1-3H3/b23-20-,24-21-,25-22-,28-27-,31-30-. The van der Waals surface area contributed by atoms with Crippen molar-refractivity contribution in [2.45, 2.75) is 309 Å². The van der Waals surface area contributed by atoms with Crippen molar-refractivity contribution in [1.82, 2.24) is 0 Å². The highest BCUT2D eigenvalue weighted by molar-refractivity contribution is 5.71. The lowest BCUT2D eigenvalue weighted by molar-refractivity contribution is -0.167. The molecule has 0 amide bonds. The minimum atomic E-state index is -0.783. The molecule has 0 aromatic carbocycles. The van der Waals surface area contributed by atoms with E-state index in [1.807, 2.05) is 0 Å². The zero-order valence-corrected chi connectivity index (χ0v) is 45.8. The van der Waals surface area contributed by atoms with Crippen LogP contribution in [0.1, 0.15) is 303 Å². The molecule has 0 bridgehead atoms. The monoisotopic (exact) mass is 965 g/mol. The summed E-state index contributed by atoms with van der Waals surface area (Å²) in [6.07, 6.45) is 72.2. The van der Waals surface area contributed by atoms with Gasteiger partial charge in [-0.3, -0.25) is 14.4 Å². The molecule has 0 aromatic heterocycles. The Labute approximate surface area is 428 Å². The van der Waals surface area contributed by atoms with Crippen molar-refractivity contribution in [3.05, 3.63) is 60.8 Å². The highest BCUT2D eigenvalue weighted by Gasteiger charge is 2.19. The van der Waals surface area contributed by atoms with E-state index in [0.717, 1.165) is 89.9 Å². The maximum Gasteiger partial charge on any atom is 0.306 e. The quantitative estimate of drug-likeness (QED) is 0.0262. The summed E-state index contributed by atoms with van der Waals surface area (Å²) in [7, 11) is 0. The molecule has 0 saturated heterocycles. The zero-order chi connectivity index (χ0) is 50.0. The lowest BCUT2D eigenvalue weighted by atomic mass is 10.1. The Balaban J connectivity index is 4.27. The summed E-state index contributed by atoms with van der Waals surface area (Å²) in [6.45, 7) is 6.60. The number of allylic oxidation sites excluding steroid dienone is 10. The van der Waals surface area contributed by atoms with E-state index in [2.05, 4.69) is 81.5 Å². The van der Waals surface area contributed by atoms with Gasteiger partial charge in [0.25, 0.3) is 0 Å². The highest BCUT2D eigenvalue weighted by Crippen LogP contribution is 2.15. The molecule has 0 radical (unpaired) electrons. The minimum Gasteiger partial charge on any atom is -0.462 e. The summed E-state index contributed by atoms with van der Waals surface area (Å²) >= 11 is 0. The maximum atomic E-state index is 12.8. The molecule has 0 aliphatic rings. The molecule has 0 rings (SSSR count). The molecule has 6 nitrogen and oxygen atoms in total. The number of ether oxygens (including phenoxy) is 3. The Morgan fingerprint density at radius 1 is 0.290 bits per heavy atom. The molecule has 0 fully saturated rings. The van der Waals surface area contributed by atoms with E-state index in [1.54, 1.807) is 0 Å². The van der Waals surface area contributed by atoms with Gasteiger partial charge in [0.2, 0.25) is 0 Å². The Kier molecular flexibility index (Phi) is 55.3. The highest BCUT2D eigenvalue weighted by atomic mass is 16.6. The van der Waals surface area contributed by atoms with Crippen molar-refractivity contribution >= 4 is 17.9 Å². The van der Waals surface area contributed by atoms with Crippen LogP contribution < -0.4 is 0 Å². The van der Waals surface area contributed by atoms with Gasteiger partial charge in [-0.1, -0.05) is 236 Å². The van der Waals surface area contributed by atoms with Crippen molar-refractivity contribution < 1.29 is 28.6 Å². The van der Waals surface area contributed by atoms with Crippen LogP contribution in [0.5, 0.6) is 0 Å². The van der Waals surface area contributed by atoms with E-state index >= 15 is 0 Å². The number of rotatable bonds is 54. The van der Waals surface area contributed by atoms with Crippen molar-refractivity contribution in [1.29, 1.82) is 0 Å². The molecular weight excluding hydrogens is 853 g/mol. The lowest BCUT2D eigenvalue weighted by Gasteiger charge is -2.18. The third kappa shape index (κ3) is 55.9. The fourth-order valence-electron chi connectivity index (χ4n) is 8.44. The summed E-state index contributed by atoms with van der Waals surface area (Å²) in [4.78, 5) is 38.1. The van der Waals surface area contributed by atoms with Crippen LogP contribution >= 0.6 is 0 Å². The maximum absolute atomic E-state index is 12.8. The van der Waals surface area contributed by atoms with Gasteiger partial charge in [-0.2, -0.15) is 0 Å². The number of unbranched alkanes of at least 4 members (excludes halogenated alkanes) is 33. The van der Waals surface area contributed by atoms with Crippen LogP contribution in [0.2, 0.25) is 0 Å². The van der Waals surface area contributed by atoms with Crippen LogP contribution in [-0.4, -0.2) is 37.2 Å². The van der Waals surface area contributed by atoms with Gasteiger partial charge in [0.05, 0.1) is 0 Å². The fourth-order valence-corrected chi connectivity index (χ4v) is 8.44. The Morgan fingerprint density at radius 2 is 0.522 bits per heavy atom. The first-order valence-corrected chi connectivity index (χ1v) is 29.8. The zero-order valence-electron chi connectivity index (χ0n) is 45.8. The molecule has 0 heterocycles. The first-order valence-electron chi connectivity index (χ1n) is 29.8. The smallest absolute Gasteiger partial charge is 0.306 e. The van der Waals surface area contributed by atoms with Gasteiger partial charge in [-0.25, -0.2) is 0 Å². The van der Waals surface area contributed by atoms with E-state index in [0.29, 0.717) is 19.3 Å². The third-order valence-corrected chi connectivity index (χ3v) is 13.0. The summed E-state index contributed by atoms with van der Waals surface area (Å²) < 4.78 is 16.8. The molecule has 0 aliphatic heterocycles. The summed E-state index contributed by atoms with van der Waals surface area (Å²) in [5.74, 6) is -0.893. The van der Waals surface area contributed by atoms with Crippen molar-refractivity contribution in [2.24, 2.45) is 0 Å². The molecule has 1 unspecified atom stereocenters. The second-order valence-electron chi connectivity index (χ2n) is 19.9. The second kappa shape index (κ2) is 57.7. The molecule has 0 N–H and O–H groups in total. The predicted molar refractivity (Wildman–Crippen MR) is 298 cm³/mol. The second-order valence-corrected chi connectivity index (χ2v) is 19.9. The Morgan fingerprint density at radius 3 is 0.841 bits per heavy atom. The minimum absolute atomic E-state index is 0.0811. The van der Waals surface area contributed by atoms with Crippen LogP contribution in [-0.2, 0) is 28.6 Å². The first kappa shape index (κ1) is 66.1. The predicted octanol–water partition coefficient (Wildman–Crippen LogP) is 20.0. The van der Waals surface area contributed by atoms with Gasteiger partial charge in [0, 0.05) is 19.3 Å². The fraction of sp³-hybridized carbons (Fsp3) is 0.794. The van der Waals surface area contributed by atoms with Gasteiger partial charge in [0.15, 0.2) is 6.10 Å². The van der Waals surface area contributed by atoms with Gasteiger partial charge in [-0.15, -0.1) is 0 Å². The van der Waals surface area contributed by atoms with Gasteiger partial charge < -0.3 is 14.2 Å². The van der Waals surface area contributed by atoms with Crippen LogP contribution in [0, 0.1) is 0 Å². The van der Waals surface area contributed by atoms with E-state index in [1.165, 1.54) is 173 Å². The van der Waals surface area contributed by atoms with Crippen LogP contribution in [0.4, 0.5) is 0 Å². The van der Waals surface area contributed by atoms with E-state index in [4.69, 9.17) is 14.2 Å². The molecule has 0 spiro atoms. The third-order valence-electron chi connectivity index (χ3n) is 13.0. The van der Waals surface area contributed by atoms with Gasteiger partial charge >= 0.3 is 17.9 Å². The molecule has 0 saturated carbocycles. The number of hydrogen-bond donors (Lipinski definition) is 0. The average molecular weight is 966 g/mol. The average Bonchev–Trinajstić information content (AvgIpc) is 3.35. The topological polar surface area (TPSA) is 78.9 Å². The number of carbonyl (C=O) groups excluding carboxylic acids is 3. The Hall–Kier alpha value is -2.89. The van der Waals surface area contributed by atoms with E-state index < -0.39 is 6.10 Å². The lowest BCUT2D eigenvalue weighted by Crippen LogP contribution is -2.30. The SMILES string of the molecule is CCCCCC/C=C\CCCCCCCC(=O)OCC(COC(=O)CCCCCCCCCCCC/C=C\C/C=C\C/C=C\CCCCCCC)OC(=O)CCCCCCC/C=C\CCCCCC. The first-order chi connectivity index (χ1) is 34.0. The summed E-state index contributed by atoms with van der Waals surface area (Å²) in [6, 6.07) is 0. The number of hydrogen-bond acceptors (Lipinski definition) is 6. The van der Waals surface area contributed by atoms with E-state index in [-0.39, 0.29) is 31.1 Å². The normalized spacial score (nSPS) is 12.4. The molecule has 69 heavy (non-hydrogen) atoms. The molecule has 400 valence electrons. The van der Waals surface area contributed by atoms with E-state index in [9.17, 15) is 14.4 Å². The van der Waals surface area contributed by atoms with Gasteiger partial charge in [0.1, 0.15) is 13.2 Å². The van der Waals surface area contributed by atoms with Crippen molar-refractivity contribution in [2.75, 3.05) is 13.2 Å². The summed E-state index contributed by atoms with van der Waals surface area (Å²) in [5.41, 5.74) is 0. The van der Waals surface area contributed by atoms with Crippen molar-refractivity contribution in [3.8, 4) is 0 Å². The summed E-state index contributed by atoms with van der Waals surface area (Å²) in [5, 5.41) is 0. The van der Waals surface area contributed by atoms with Crippen LogP contribution in [0.3, 0.4) is 0 Å². The molecule has 6 heteroatoms. The Bertz CT molecular complexity index is 1250. The molecule has 0 aromatic rings.